The Hall–Kier alpha value is -3.52. The zero-order chi connectivity index (χ0) is 22.7. The van der Waals surface area contributed by atoms with Gasteiger partial charge in [0.05, 0.1) is 20.0 Å². The maximum Gasteiger partial charge on any atom is 0.277 e. The van der Waals surface area contributed by atoms with Gasteiger partial charge in [0, 0.05) is 28.2 Å². The lowest BCUT2D eigenvalue weighted by Crippen LogP contribution is -2.05. The second-order valence-corrected chi connectivity index (χ2v) is 8.06. The first-order chi connectivity index (χ1) is 15.5. The Balaban J connectivity index is 1.46. The van der Waals surface area contributed by atoms with E-state index in [2.05, 4.69) is 14.8 Å². The molecule has 2 aromatic carbocycles. The largest absolute Gasteiger partial charge is 0.497 e. The first kappa shape index (κ1) is 21.7. The molecule has 164 valence electrons. The first-order valence-corrected chi connectivity index (χ1v) is 11.0. The minimum absolute atomic E-state index is 0.00654. The van der Waals surface area contributed by atoms with Crippen LogP contribution in [0.2, 0.25) is 0 Å². The summed E-state index contributed by atoms with van der Waals surface area (Å²) in [5, 5.41) is 8.49. The molecular formula is C24H23N3O4S. The highest BCUT2D eigenvalue weighted by Crippen LogP contribution is 2.27. The van der Waals surface area contributed by atoms with Gasteiger partial charge in [-0.1, -0.05) is 11.8 Å². The molecule has 8 heteroatoms. The second-order valence-electron chi connectivity index (χ2n) is 7.13. The quantitative estimate of drug-likeness (QED) is 0.272. The standard InChI is InChI=1S/C24H23N3O4S/c1-15-13-21(16(2)27(15)18-7-11-20(30-4)12-8-18)22(28)14-32-24-26-25-23(31-24)17-5-9-19(29-3)10-6-17/h5-13H,14H2,1-4H3. The third-order valence-electron chi connectivity index (χ3n) is 5.13. The van der Waals surface area contributed by atoms with E-state index in [0.29, 0.717) is 16.7 Å². The van der Waals surface area contributed by atoms with Crippen molar-refractivity contribution >= 4 is 17.5 Å². The Morgan fingerprint density at radius 2 is 1.59 bits per heavy atom. The number of carbonyl (C=O) groups is 1. The number of hydrogen-bond acceptors (Lipinski definition) is 7. The van der Waals surface area contributed by atoms with Crippen LogP contribution in [0.1, 0.15) is 21.7 Å². The molecule has 0 atom stereocenters. The van der Waals surface area contributed by atoms with Crippen molar-refractivity contribution in [1.82, 2.24) is 14.8 Å². The third kappa shape index (κ3) is 4.40. The molecule has 0 fully saturated rings. The van der Waals surface area contributed by atoms with Crippen LogP contribution >= 0.6 is 11.8 Å². The van der Waals surface area contributed by atoms with Gasteiger partial charge in [-0.25, -0.2) is 0 Å². The van der Waals surface area contributed by atoms with Crippen molar-refractivity contribution in [2.24, 2.45) is 0 Å². The van der Waals surface area contributed by atoms with E-state index in [4.69, 9.17) is 13.9 Å². The summed E-state index contributed by atoms with van der Waals surface area (Å²) in [5.41, 5.74) is 4.33. The lowest BCUT2D eigenvalue weighted by Gasteiger charge is -2.10. The number of nitrogens with zero attached hydrogens (tertiary/aromatic N) is 3. The number of benzene rings is 2. The Bertz CT molecular complexity index is 1230. The molecule has 0 saturated carbocycles. The molecule has 0 N–H and O–H groups in total. The summed E-state index contributed by atoms with van der Waals surface area (Å²) in [6.45, 7) is 3.93. The van der Waals surface area contributed by atoms with E-state index in [0.717, 1.165) is 34.1 Å². The molecule has 2 aromatic heterocycles. The number of aromatic nitrogens is 3. The van der Waals surface area contributed by atoms with E-state index in [1.165, 1.54) is 11.8 Å². The number of Topliss-reactive ketones (excluding diaryl/α,β-unsaturated/α-hetero) is 1. The van der Waals surface area contributed by atoms with E-state index in [1.807, 2.05) is 68.4 Å². The molecule has 0 aliphatic rings. The van der Waals surface area contributed by atoms with Crippen LogP contribution in [-0.4, -0.2) is 40.5 Å². The summed E-state index contributed by atoms with van der Waals surface area (Å²) in [6.07, 6.45) is 0. The predicted molar refractivity (Wildman–Crippen MR) is 123 cm³/mol. The van der Waals surface area contributed by atoms with Gasteiger partial charge in [-0.2, -0.15) is 0 Å². The Labute approximate surface area is 190 Å². The van der Waals surface area contributed by atoms with Crippen LogP contribution in [0.25, 0.3) is 17.1 Å². The molecule has 0 aliphatic carbocycles. The van der Waals surface area contributed by atoms with Crippen molar-refractivity contribution in [2.75, 3.05) is 20.0 Å². The van der Waals surface area contributed by atoms with Gasteiger partial charge in [0.25, 0.3) is 5.22 Å². The Morgan fingerprint density at radius 1 is 0.969 bits per heavy atom. The predicted octanol–water partition coefficient (Wildman–Crippen LogP) is 5.14. The number of ketones is 1. The fourth-order valence-electron chi connectivity index (χ4n) is 3.50. The number of hydrogen-bond donors (Lipinski definition) is 0. The van der Waals surface area contributed by atoms with Gasteiger partial charge in [0.1, 0.15) is 11.5 Å². The maximum atomic E-state index is 12.9. The molecule has 2 heterocycles. The van der Waals surface area contributed by atoms with E-state index in [-0.39, 0.29) is 11.5 Å². The zero-order valence-corrected chi connectivity index (χ0v) is 19.1. The van der Waals surface area contributed by atoms with Gasteiger partial charge in [0.2, 0.25) is 5.89 Å². The van der Waals surface area contributed by atoms with Gasteiger partial charge in [-0.15, -0.1) is 10.2 Å². The maximum absolute atomic E-state index is 12.9. The number of thioether (sulfide) groups is 1. The molecular weight excluding hydrogens is 426 g/mol. The van der Waals surface area contributed by atoms with Gasteiger partial charge >= 0.3 is 0 Å². The van der Waals surface area contributed by atoms with Crippen LogP contribution in [-0.2, 0) is 0 Å². The highest BCUT2D eigenvalue weighted by molar-refractivity contribution is 7.99. The van der Waals surface area contributed by atoms with Crippen LogP contribution in [0.5, 0.6) is 11.5 Å². The molecule has 32 heavy (non-hydrogen) atoms. The van der Waals surface area contributed by atoms with Crippen molar-refractivity contribution in [1.29, 1.82) is 0 Å². The van der Waals surface area contributed by atoms with E-state index < -0.39 is 0 Å². The molecule has 0 unspecified atom stereocenters. The minimum Gasteiger partial charge on any atom is -0.497 e. The van der Waals surface area contributed by atoms with Crippen molar-refractivity contribution < 1.29 is 18.7 Å². The van der Waals surface area contributed by atoms with Crippen LogP contribution in [0.3, 0.4) is 0 Å². The van der Waals surface area contributed by atoms with Gasteiger partial charge in [-0.05, 0) is 68.4 Å². The molecule has 0 bridgehead atoms. The summed E-state index contributed by atoms with van der Waals surface area (Å²) in [5.74, 6) is 2.16. The monoisotopic (exact) mass is 449 g/mol. The molecule has 7 nitrogen and oxygen atoms in total. The molecule has 4 aromatic rings. The zero-order valence-electron chi connectivity index (χ0n) is 18.3. The van der Waals surface area contributed by atoms with Crippen molar-refractivity contribution in [3.63, 3.8) is 0 Å². The van der Waals surface area contributed by atoms with Crippen LogP contribution < -0.4 is 9.47 Å². The molecule has 0 radical (unpaired) electrons. The Morgan fingerprint density at radius 3 is 2.22 bits per heavy atom. The summed E-state index contributed by atoms with van der Waals surface area (Å²) in [6, 6.07) is 17.0. The average Bonchev–Trinajstić information content (AvgIpc) is 3.42. The smallest absolute Gasteiger partial charge is 0.277 e. The highest BCUT2D eigenvalue weighted by atomic mass is 32.2. The van der Waals surface area contributed by atoms with E-state index in [9.17, 15) is 4.79 Å². The van der Waals surface area contributed by atoms with Crippen molar-refractivity contribution in [3.8, 4) is 28.6 Å². The first-order valence-electron chi connectivity index (χ1n) is 9.97. The highest BCUT2D eigenvalue weighted by Gasteiger charge is 2.18. The summed E-state index contributed by atoms with van der Waals surface area (Å²) < 4.78 is 18.2. The van der Waals surface area contributed by atoms with E-state index in [1.54, 1.807) is 14.2 Å². The van der Waals surface area contributed by atoms with Crippen LogP contribution in [0.4, 0.5) is 0 Å². The number of aryl methyl sites for hydroxylation is 1. The second kappa shape index (κ2) is 9.32. The number of rotatable bonds is 8. The number of ether oxygens (including phenoxy) is 2. The van der Waals surface area contributed by atoms with E-state index >= 15 is 0 Å². The summed E-state index contributed by atoms with van der Waals surface area (Å²) in [4.78, 5) is 12.9. The lowest BCUT2D eigenvalue weighted by molar-refractivity contribution is 0.102. The van der Waals surface area contributed by atoms with Crippen molar-refractivity contribution in [2.45, 2.75) is 19.1 Å². The van der Waals surface area contributed by atoms with Gasteiger partial charge in [0.15, 0.2) is 5.78 Å². The normalized spacial score (nSPS) is 10.9. The lowest BCUT2D eigenvalue weighted by atomic mass is 10.2. The molecule has 0 amide bonds. The molecule has 4 rings (SSSR count). The van der Waals surface area contributed by atoms with Crippen LogP contribution in [0, 0.1) is 13.8 Å². The van der Waals surface area contributed by atoms with Crippen LogP contribution in [0.15, 0.2) is 64.2 Å². The fourth-order valence-corrected chi connectivity index (χ4v) is 4.14. The van der Waals surface area contributed by atoms with Crippen molar-refractivity contribution in [3.05, 3.63) is 71.5 Å². The third-order valence-corrected chi connectivity index (χ3v) is 5.95. The minimum atomic E-state index is 0.00654. The molecule has 0 aliphatic heterocycles. The summed E-state index contributed by atoms with van der Waals surface area (Å²) >= 11 is 1.23. The fraction of sp³-hybridized carbons (Fsp3) is 0.208. The Kier molecular flexibility index (Phi) is 6.32. The average molecular weight is 450 g/mol. The molecule has 0 spiro atoms. The van der Waals surface area contributed by atoms with Gasteiger partial charge < -0.3 is 18.5 Å². The molecule has 0 saturated heterocycles. The number of carbonyl (C=O) groups excluding carboxylic acids is 1. The SMILES string of the molecule is COc1ccc(-c2nnc(SCC(=O)c3cc(C)n(-c4ccc(OC)cc4)c3C)o2)cc1. The number of methoxy groups -OCH3 is 2. The topological polar surface area (TPSA) is 79.4 Å². The summed E-state index contributed by atoms with van der Waals surface area (Å²) in [7, 11) is 3.25. The van der Waals surface area contributed by atoms with Gasteiger partial charge in [-0.3, -0.25) is 4.79 Å².